The summed E-state index contributed by atoms with van der Waals surface area (Å²) in [4.78, 5) is 0. The summed E-state index contributed by atoms with van der Waals surface area (Å²) in [6.45, 7) is 0.546. The molecule has 194 valence electrons. The van der Waals surface area contributed by atoms with Gasteiger partial charge in [0.05, 0.1) is 34.0 Å². The van der Waals surface area contributed by atoms with Gasteiger partial charge in [0.25, 0.3) is 0 Å². The molecule has 0 aromatic heterocycles. The van der Waals surface area contributed by atoms with Gasteiger partial charge in [-0.2, -0.15) is 0 Å². The van der Waals surface area contributed by atoms with Crippen LogP contribution in [0.5, 0.6) is 28.7 Å². The van der Waals surface area contributed by atoms with E-state index in [1.165, 1.54) is 0 Å². The Kier molecular flexibility index (Phi) is 6.32. The third kappa shape index (κ3) is 3.96. The number of rotatable bonds is 6. The van der Waals surface area contributed by atoms with E-state index in [9.17, 15) is 5.11 Å². The highest BCUT2D eigenvalue weighted by Crippen LogP contribution is 2.56. The maximum Gasteiger partial charge on any atom is 0.231 e. The highest BCUT2D eigenvalue weighted by molar-refractivity contribution is 5.59. The van der Waals surface area contributed by atoms with Crippen LogP contribution in [0, 0.1) is 11.8 Å². The van der Waals surface area contributed by atoms with Crippen molar-refractivity contribution >= 4 is 0 Å². The lowest BCUT2D eigenvalue weighted by molar-refractivity contribution is -0.258. The Morgan fingerprint density at radius 2 is 1.51 bits per heavy atom. The summed E-state index contributed by atoms with van der Waals surface area (Å²) in [7, 11) is 4.78. The van der Waals surface area contributed by atoms with Gasteiger partial charge in [0.2, 0.25) is 12.5 Å². The Morgan fingerprint density at radius 3 is 2.14 bits per heavy atom. The zero-order valence-corrected chi connectivity index (χ0v) is 21.0. The molecule has 0 saturated carbocycles. The SMILES string of the molecule is COc1cc([C@@H]2c3cc4c(cc3[C@@H]3OC(c5ccccc5)OC[C@H]3[C@@H]2CO)OCO4)cc(OC)c1OC. The zero-order chi connectivity index (χ0) is 25.5. The molecule has 2 aliphatic heterocycles. The van der Waals surface area contributed by atoms with Crippen molar-refractivity contribution in [2.45, 2.75) is 18.3 Å². The Labute approximate surface area is 215 Å². The fourth-order valence-corrected chi connectivity index (χ4v) is 5.91. The minimum atomic E-state index is -0.502. The summed E-state index contributed by atoms with van der Waals surface area (Å²) in [6, 6.07) is 17.8. The number of hydrogen-bond acceptors (Lipinski definition) is 8. The van der Waals surface area contributed by atoms with Crippen LogP contribution in [-0.2, 0) is 9.47 Å². The summed E-state index contributed by atoms with van der Waals surface area (Å²) in [6.07, 6.45) is -0.795. The monoisotopic (exact) mass is 506 g/mol. The summed E-state index contributed by atoms with van der Waals surface area (Å²) >= 11 is 0. The molecule has 5 atom stereocenters. The van der Waals surface area contributed by atoms with E-state index in [-0.39, 0.29) is 37.3 Å². The highest BCUT2D eigenvalue weighted by Gasteiger charge is 2.48. The minimum absolute atomic E-state index is 0.0564. The van der Waals surface area contributed by atoms with Gasteiger partial charge < -0.3 is 38.3 Å². The zero-order valence-electron chi connectivity index (χ0n) is 21.0. The summed E-state index contributed by atoms with van der Waals surface area (Å²) in [5.41, 5.74) is 3.89. The van der Waals surface area contributed by atoms with E-state index >= 15 is 0 Å². The Bertz CT molecular complexity index is 1250. The molecule has 8 heteroatoms. The number of benzene rings is 3. The van der Waals surface area contributed by atoms with Crippen LogP contribution in [0.3, 0.4) is 0 Å². The molecule has 0 spiro atoms. The van der Waals surface area contributed by atoms with Crippen LogP contribution in [-0.4, -0.2) is 46.4 Å². The van der Waals surface area contributed by atoms with Crippen LogP contribution in [0.2, 0.25) is 0 Å². The van der Waals surface area contributed by atoms with E-state index in [0.29, 0.717) is 35.4 Å². The fraction of sp³-hybridized carbons (Fsp3) is 0.379. The molecule has 8 nitrogen and oxygen atoms in total. The number of aliphatic hydroxyl groups is 1. The Morgan fingerprint density at radius 1 is 0.838 bits per heavy atom. The van der Waals surface area contributed by atoms with Crippen molar-refractivity contribution < 1.29 is 38.3 Å². The molecule has 2 heterocycles. The first-order chi connectivity index (χ1) is 18.2. The second-order valence-electron chi connectivity index (χ2n) is 9.41. The maximum atomic E-state index is 10.8. The van der Waals surface area contributed by atoms with Crippen LogP contribution in [0.4, 0.5) is 0 Å². The summed E-state index contributed by atoms with van der Waals surface area (Å²) in [5.74, 6) is 2.50. The van der Waals surface area contributed by atoms with E-state index < -0.39 is 6.29 Å². The molecular formula is C29H30O8. The van der Waals surface area contributed by atoms with Crippen LogP contribution in [0.15, 0.2) is 54.6 Å². The topological polar surface area (TPSA) is 84.8 Å². The van der Waals surface area contributed by atoms with E-state index in [4.69, 9.17) is 33.2 Å². The molecule has 1 unspecified atom stereocenters. The third-order valence-electron chi connectivity index (χ3n) is 7.63. The molecule has 3 aromatic rings. The number of methoxy groups -OCH3 is 3. The third-order valence-corrected chi connectivity index (χ3v) is 7.63. The lowest BCUT2D eigenvalue weighted by atomic mass is 9.65. The van der Waals surface area contributed by atoms with E-state index in [1.807, 2.05) is 54.6 Å². The van der Waals surface area contributed by atoms with Crippen molar-refractivity contribution in [3.63, 3.8) is 0 Å². The molecule has 0 radical (unpaired) electrons. The van der Waals surface area contributed by atoms with E-state index in [1.54, 1.807) is 21.3 Å². The quantitative estimate of drug-likeness (QED) is 0.520. The standard InChI is InChI=1S/C29H30O8/c1-31-24-9-17(10-25(32-2)28(24)33-3)26-18-11-22-23(36-15-35-22)12-19(18)27-21(20(26)13-30)14-34-29(37-27)16-7-5-4-6-8-16/h4-12,20-21,26-27,29-30H,13-15H2,1-3H3/t20-,21-,26+,27-,29?/m0/s1. The predicted molar refractivity (Wildman–Crippen MR) is 134 cm³/mol. The van der Waals surface area contributed by atoms with Crippen molar-refractivity contribution in [2.75, 3.05) is 41.3 Å². The Hall–Kier alpha value is -3.46. The van der Waals surface area contributed by atoms with E-state index in [2.05, 4.69) is 0 Å². The fourth-order valence-electron chi connectivity index (χ4n) is 5.91. The van der Waals surface area contributed by atoms with Crippen LogP contribution < -0.4 is 23.7 Å². The van der Waals surface area contributed by atoms with Crippen molar-refractivity contribution in [3.05, 3.63) is 76.9 Å². The first kappa shape index (κ1) is 23.9. The molecule has 1 saturated heterocycles. The van der Waals surface area contributed by atoms with Crippen LogP contribution in [0.1, 0.15) is 40.6 Å². The van der Waals surface area contributed by atoms with Crippen molar-refractivity contribution in [1.29, 1.82) is 0 Å². The molecule has 1 aliphatic carbocycles. The second kappa shape index (κ2) is 9.78. The number of ether oxygens (including phenoxy) is 7. The molecule has 0 bridgehead atoms. The van der Waals surface area contributed by atoms with E-state index in [0.717, 1.165) is 22.3 Å². The Balaban J connectivity index is 1.50. The largest absolute Gasteiger partial charge is 0.493 e. The molecular weight excluding hydrogens is 476 g/mol. The highest BCUT2D eigenvalue weighted by atomic mass is 16.7. The number of fused-ring (bicyclic) bond motifs is 4. The van der Waals surface area contributed by atoms with Gasteiger partial charge in [-0.1, -0.05) is 30.3 Å². The van der Waals surface area contributed by atoms with Gasteiger partial charge in [-0.05, 0) is 41.0 Å². The van der Waals surface area contributed by atoms with Gasteiger partial charge in [-0.3, -0.25) is 0 Å². The maximum absolute atomic E-state index is 10.8. The first-order valence-electron chi connectivity index (χ1n) is 12.3. The lowest BCUT2D eigenvalue weighted by Crippen LogP contribution is -2.43. The molecule has 3 aliphatic rings. The first-order valence-corrected chi connectivity index (χ1v) is 12.3. The normalized spacial score (nSPS) is 25.7. The average molecular weight is 507 g/mol. The van der Waals surface area contributed by atoms with Gasteiger partial charge in [0.1, 0.15) is 0 Å². The smallest absolute Gasteiger partial charge is 0.231 e. The number of aliphatic hydroxyl groups excluding tert-OH is 1. The summed E-state index contributed by atoms with van der Waals surface area (Å²) in [5, 5.41) is 10.8. The van der Waals surface area contributed by atoms with Crippen molar-refractivity contribution in [3.8, 4) is 28.7 Å². The van der Waals surface area contributed by atoms with Gasteiger partial charge in [-0.15, -0.1) is 0 Å². The predicted octanol–water partition coefficient (Wildman–Crippen LogP) is 4.60. The van der Waals surface area contributed by atoms with Gasteiger partial charge >= 0.3 is 0 Å². The van der Waals surface area contributed by atoms with Gasteiger partial charge in [-0.25, -0.2) is 0 Å². The molecule has 3 aromatic carbocycles. The van der Waals surface area contributed by atoms with Gasteiger partial charge in [0, 0.05) is 29.9 Å². The molecule has 1 N–H and O–H groups in total. The molecule has 1 fully saturated rings. The van der Waals surface area contributed by atoms with Crippen molar-refractivity contribution in [2.24, 2.45) is 11.8 Å². The molecule has 0 amide bonds. The van der Waals surface area contributed by atoms with Gasteiger partial charge in [0.15, 0.2) is 29.3 Å². The van der Waals surface area contributed by atoms with Crippen LogP contribution >= 0.6 is 0 Å². The average Bonchev–Trinajstić information content (AvgIpc) is 3.42. The lowest BCUT2D eigenvalue weighted by Gasteiger charge is -2.47. The minimum Gasteiger partial charge on any atom is -0.493 e. The number of hydrogen-bond donors (Lipinski definition) is 1. The second-order valence-corrected chi connectivity index (χ2v) is 9.41. The van der Waals surface area contributed by atoms with Crippen LogP contribution in [0.25, 0.3) is 0 Å². The summed E-state index contributed by atoms with van der Waals surface area (Å²) < 4.78 is 41.2. The molecule has 6 rings (SSSR count). The van der Waals surface area contributed by atoms with Crippen molar-refractivity contribution in [1.82, 2.24) is 0 Å². The molecule has 37 heavy (non-hydrogen) atoms.